The Kier molecular flexibility index (Phi) is 19.4. The summed E-state index contributed by atoms with van der Waals surface area (Å²) < 4.78 is 9.87. The lowest BCUT2D eigenvalue weighted by Gasteiger charge is -2.09. The van der Waals surface area contributed by atoms with Gasteiger partial charge in [0, 0.05) is 125 Å². The van der Waals surface area contributed by atoms with Gasteiger partial charge in [-0.05, 0) is 145 Å². The Bertz CT molecular complexity index is 7760. The normalized spacial score (nSPS) is 11.4. The zero-order valence-corrected chi connectivity index (χ0v) is 67.0. The van der Waals surface area contributed by atoms with Gasteiger partial charge in [-0.15, -0.1) is 45.3 Å². The van der Waals surface area contributed by atoms with Crippen molar-refractivity contribution < 1.29 is 0 Å². The van der Waals surface area contributed by atoms with E-state index < -0.39 is 0 Å². The molecule has 20 heteroatoms. The molecule has 8 aromatic heterocycles. The van der Waals surface area contributed by atoms with Crippen LogP contribution >= 0.6 is 91.8 Å². The fraction of sp³-hybridized carbons (Fsp3) is 0. The Balaban J connectivity index is 0.0000000999. The summed E-state index contributed by atoms with van der Waals surface area (Å²) in [6.45, 7) is 0. The standard InChI is InChI=1S/3C25H14ClN3S.C21H12ClN3S/c26-25-28-23(17-13-12-15-6-1-2-7-16(15)14-17)27-24(29-25)19-9-5-11-21-22(19)18-8-3-4-10-20(18)30-21;26-25-28-23(15-8-2-1-3-9-15)27-24(29-25)19-14-21-22(17-11-5-4-10-16(17)19)18-12-6-7-13-20(18)30-21;26-25-28-23(15-8-2-1-3-9-15)27-24(29-25)19-14-16-10-4-5-11-17(16)21-18-12-6-7-13-20(18)30-22(19)21;22-21-24-19(13-6-2-1-3-7-13)23-20(25-21)14-10-11-18-16(12-14)15-8-4-5-9-17(15)26-18/h3*1-14H;1-12H. The van der Waals surface area contributed by atoms with Crippen LogP contribution < -0.4 is 0 Å². The second-order valence-electron chi connectivity index (χ2n) is 27.1. The zero-order valence-electron chi connectivity index (χ0n) is 60.7. The van der Waals surface area contributed by atoms with Crippen molar-refractivity contribution in [1.29, 1.82) is 0 Å². The molecule has 0 N–H and O–H groups in total. The van der Waals surface area contributed by atoms with Crippen molar-refractivity contribution in [2.24, 2.45) is 0 Å². The quantitative estimate of drug-likeness (QED) is 0.142. The summed E-state index contributed by atoms with van der Waals surface area (Å²) >= 11 is 32.3. The fourth-order valence-electron chi connectivity index (χ4n) is 14.8. The number of hydrogen-bond acceptors (Lipinski definition) is 16. The Labute approximate surface area is 698 Å². The summed E-state index contributed by atoms with van der Waals surface area (Å²) in [5, 5.41) is 17.6. The lowest BCUT2D eigenvalue weighted by atomic mass is 9.99. The molecule has 0 fully saturated rings. The van der Waals surface area contributed by atoms with Gasteiger partial charge in [-0.25, -0.2) is 19.9 Å². The van der Waals surface area contributed by atoms with Crippen LogP contribution in [0.5, 0.6) is 0 Å². The van der Waals surface area contributed by atoms with Crippen LogP contribution in [-0.2, 0) is 0 Å². The maximum Gasteiger partial charge on any atom is 0.226 e. The van der Waals surface area contributed by atoms with E-state index in [0.29, 0.717) is 46.6 Å². The number of aromatic nitrogens is 12. The molecule has 12 nitrogen and oxygen atoms in total. The van der Waals surface area contributed by atoms with Gasteiger partial charge in [0.1, 0.15) is 0 Å². The first-order valence-corrected chi connectivity index (χ1v) is 41.7. The summed E-state index contributed by atoms with van der Waals surface area (Å²) in [6.07, 6.45) is 0. The number of nitrogens with zero attached hydrogens (tertiary/aromatic N) is 12. The van der Waals surface area contributed by atoms with Crippen LogP contribution in [0.3, 0.4) is 0 Å². The molecule has 23 aromatic rings. The molecule has 0 aliphatic carbocycles. The molecule has 8 heterocycles. The number of benzene rings is 15. The Morgan fingerprint density at radius 1 is 0.172 bits per heavy atom. The van der Waals surface area contributed by atoms with Crippen LogP contribution in [-0.4, -0.2) is 59.8 Å². The minimum Gasteiger partial charge on any atom is -0.208 e. The van der Waals surface area contributed by atoms with Crippen LogP contribution in [0, 0.1) is 0 Å². The number of hydrogen-bond donors (Lipinski definition) is 0. The largest absolute Gasteiger partial charge is 0.226 e. The second-order valence-corrected chi connectivity index (χ2v) is 32.8. The third kappa shape index (κ3) is 14.1. The van der Waals surface area contributed by atoms with E-state index in [1.807, 2.05) is 127 Å². The van der Waals surface area contributed by atoms with E-state index in [2.05, 4.69) is 245 Å². The summed E-state index contributed by atoms with van der Waals surface area (Å²) in [7, 11) is 0. The van der Waals surface area contributed by atoms with Crippen LogP contribution in [0.15, 0.2) is 328 Å². The average Bonchev–Trinajstić information content (AvgIpc) is 1.56. The minimum atomic E-state index is 0.194. The van der Waals surface area contributed by atoms with Crippen LogP contribution in [0.25, 0.3) is 204 Å². The molecule has 0 aliphatic rings. The van der Waals surface area contributed by atoms with Gasteiger partial charge in [0.05, 0.1) is 0 Å². The van der Waals surface area contributed by atoms with Gasteiger partial charge in [-0.1, -0.05) is 261 Å². The summed E-state index contributed by atoms with van der Waals surface area (Å²) in [4.78, 5) is 54.3. The molecular formula is C96H54Cl4N12S4. The van der Waals surface area contributed by atoms with Crippen LogP contribution in [0.4, 0.5) is 0 Å². The molecule has 0 unspecified atom stereocenters. The van der Waals surface area contributed by atoms with Crippen molar-refractivity contribution in [2.45, 2.75) is 0 Å². The predicted molar refractivity (Wildman–Crippen MR) is 487 cm³/mol. The molecule has 0 aliphatic heterocycles. The summed E-state index contributed by atoms with van der Waals surface area (Å²) in [6, 6.07) is 112. The van der Waals surface area contributed by atoms with E-state index in [1.165, 1.54) is 86.8 Å². The first kappa shape index (κ1) is 72.1. The van der Waals surface area contributed by atoms with Gasteiger partial charge in [-0.2, -0.15) is 39.9 Å². The molecule has 116 heavy (non-hydrogen) atoms. The molecule has 0 radical (unpaired) electrons. The molecule has 0 atom stereocenters. The van der Waals surface area contributed by atoms with E-state index >= 15 is 0 Å². The molecule has 0 spiro atoms. The Morgan fingerprint density at radius 2 is 0.543 bits per heavy atom. The molecule has 0 amide bonds. The molecule has 0 saturated carbocycles. The van der Waals surface area contributed by atoms with Gasteiger partial charge in [0.25, 0.3) is 0 Å². The number of thiophene rings is 4. The van der Waals surface area contributed by atoms with E-state index in [1.54, 1.807) is 45.3 Å². The predicted octanol–water partition coefficient (Wildman–Crippen LogP) is 28.4. The Hall–Kier alpha value is -12.8. The van der Waals surface area contributed by atoms with E-state index in [4.69, 9.17) is 61.4 Å². The highest BCUT2D eigenvalue weighted by Gasteiger charge is 2.22. The highest BCUT2D eigenvalue weighted by molar-refractivity contribution is 7.27. The van der Waals surface area contributed by atoms with Crippen molar-refractivity contribution in [3.63, 3.8) is 0 Å². The third-order valence-corrected chi connectivity index (χ3v) is 25.3. The van der Waals surface area contributed by atoms with Crippen molar-refractivity contribution in [1.82, 2.24) is 59.8 Å². The molecule has 0 saturated heterocycles. The molecule has 0 bridgehead atoms. The van der Waals surface area contributed by atoms with Gasteiger partial charge in [-0.3, -0.25) is 0 Å². The highest BCUT2D eigenvalue weighted by atomic mass is 35.5. The number of halogens is 4. The number of fused-ring (bicyclic) bond motifs is 17. The van der Waals surface area contributed by atoms with Gasteiger partial charge >= 0.3 is 0 Å². The third-order valence-electron chi connectivity index (χ3n) is 20.1. The van der Waals surface area contributed by atoms with Crippen molar-refractivity contribution >= 4 is 205 Å². The second kappa shape index (κ2) is 31.2. The lowest BCUT2D eigenvalue weighted by molar-refractivity contribution is 1.07. The first-order chi connectivity index (χ1) is 57.1. The Morgan fingerprint density at radius 3 is 1.12 bits per heavy atom. The van der Waals surface area contributed by atoms with Crippen LogP contribution in [0.1, 0.15) is 0 Å². The number of rotatable bonds is 8. The van der Waals surface area contributed by atoms with Gasteiger partial charge in [0.2, 0.25) is 21.1 Å². The molecule has 550 valence electrons. The SMILES string of the molecule is Clc1nc(-c2ccc3ccccc3c2)nc(-c2cccc3sc4ccccc4c23)n1.Clc1nc(-c2ccccc2)nc(-c2cc3ccccc3c3c2sc2ccccc23)n1.Clc1nc(-c2ccccc2)nc(-c2cc3sc4ccccc4c3c3ccccc23)n1.Clc1nc(-c2ccccc2)nc(-c2ccc3sc4ccccc4c3c2)n1. The lowest BCUT2D eigenvalue weighted by Crippen LogP contribution is -1.97. The fourth-order valence-corrected chi connectivity index (χ4v) is 20.1. The van der Waals surface area contributed by atoms with Crippen molar-refractivity contribution in [3.05, 3.63) is 349 Å². The van der Waals surface area contributed by atoms with E-state index in [0.717, 1.165) is 70.8 Å². The first-order valence-electron chi connectivity index (χ1n) is 36.9. The topological polar surface area (TPSA) is 155 Å². The molecule has 15 aromatic carbocycles. The summed E-state index contributed by atoms with van der Waals surface area (Å²) in [5.41, 5.74) is 7.50. The minimum absolute atomic E-state index is 0.194. The molecular weight excluding hydrogens is 1590 g/mol. The van der Waals surface area contributed by atoms with Crippen LogP contribution in [0.2, 0.25) is 21.1 Å². The maximum absolute atomic E-state index is 6.35. The average molecular weight is 1650 g/mol. The van der Waals surface area contributed by atoms with E-state index in [-0.39, 0.29) is 21.1 Å². The van der Waals surface area contributed by atoms with Gasteiger partial charge < -0.3 is 0 Å². The van der Waals surface area contributed by atoms with Crippen molar-refractivity contribution in [2.75, 3.05) is 0 Å². The highest BCUT2D eigenvalue weighted by Crippen LogP contribution is 2.47. The zero-order chi connectivity index (χ0) is 77.7. The summed E-state index contributed by atoms with van der Waals surface area (Å²) in [5.74, 6) is 4.66. The van der Waals surface area contributed by atoms with Crippen molar-refractivity contribution in [3.8, 4) is 91.1 Å². The monoisotopic (exact) mass is 1640 g/mol. The maximum atomic E-state index is 6.35. The molecule has 23 rings (SSSR count). The van der Waals surface area contributed by atoms with E-state index in [9.17, 15) is 0 Å². The smallest absolute Gasteiger partial charge is 0.208 e. The van der Waals surface area contributed by atoms with Gasteiger partial charge in [0.15, 0.2) is 46.6 Å².